The number of benzene rings is 8. The molecular weight excluding hydrogens is 615 g/mol. The molecule has 0 aliphatic heterocycles. The molecule has 49 heavy (non-hydrogen) atoms. The molecule has 8 aromatic carbocycles. The Balaban J connectivity index is 1.20. The van der Waals surface area contributed by atoms with Gasteiger partial charge in [-0.15, -0.1) is 11.3 Å². The summed E-state index contributed by atoms with van der Waals surface area (Å²) >= 11 is 1.84. The van der Waals surface area contributed by atoms with Crippen molar-refractivity contribution < 1.29 is 4.42 Å². The molecule has 0 N–H and O–H groups in total. The predicted octanol–water partition coefficient (Wildman–Crippen LogP) is 13.9. The van der Waals surface area contributed by atoms with Gasteiger partial charge in [0.25, 0.3) is 0 Å². The van der Waals surface area contributed by atoms with Crippen LogP contribution in [0, 0.1) is 0 Å². The molecule has 0 aliphatic carbocycles. The molecule has 0 aliphatic rings. The first-order chi connectivity index (χ1) is 24.3. The second kappa shape index (κ2) is 11.2. The van der Waals surface area contributed by atoms with E-state index in [1.165, 1.54) is 58.6 Å². The van der Waals surface area contributed by atoms with E-state index in [1.807, 2.05) is 11.3 Å². The smallest absolute Gasteiger partial charge is 0.137 e. The molecule has 2 heterocycles. The lowest BCUT2D eigenvalue weighted by atomic mass is 9.98. The number of fused-ring (bicyclic) bond motifs is 8. The van der Waals surface area contributed by atoms with Crippen molar-refractivity contribution in [2.24, 2.45) is 0 Å². The molecule has 10 aromatic rings. The minimum Gasteiger partial charge on any atom is -0.456 e. The molecule has 0 radical (unpaired) electrons. The fraction of sp³-hybridized carbons (Fsp3) is 0. The first-order valence-corrected chi connectivity index (χ1v) is 17.4. The Labute approximate surface area is 287 Å². The SMILES string of the molecule is c1ccc(-c2ccc(N(c3ccc(-c4cccc5ccccc45)cc3)c3cccc4oc5ccc6c7ccccc7sc6c5c34)cc2)cc1. The van der Waals surface area contributed by atoms with Gasteiger partial charge in [-0.05, 0) is 87.6 Å². The molecule has 0 unspecified atom stereocenters. The molecular formula is C46H29NOS. The van der Waals surface area contributed by atoms with Crippen LogP contribution < -0.4 is 4.90 Å². The van der Waals surface area contributed by atoms with Crippen molar-refractivity contribution in [3.63, 3.8) is 0 Å². The van der Waals surface area contributed by atoms with Crippen LogP contribution in [0.3, 0.4) is 0 Å². The summed E-state index contributed by atoms with van der Waals surface area (Å²) in [5.74, 6) is 0. The van der Waals surface area contributed by atoms with Crippen LogP contribution in [0.5, 0.6) is 0 Å². The summed E-state index contributed by atoms with van der Waals surface area (Å²) in [6.07, 6.45) is 0. The van der Waals surface area contributed by atoms with Crippen molar-refractivity contribution in [2.45, 2.75) is 0 Å². The number of thiophene rings is 1. The van der Waals surface area contributed by atoms with Gasteiger partial charge in [0.2, 0.25) is 0 Å². The van der Waals surface area contributed by atoms with E-state index >= 15 is 0 Å². The highest BCUT2D eigenvalue weighted by Gasteiger charge is 2.22. The van der Waals surface area contributed by atoms with Crippen molar-refractivity contribution in [1.29, 1.82) is 0 Å². The Bertz CT molecular complexity index is 2800. The maximum absolute atomic E-state index is 6.59. The largest absolute Gasteiger partial charge is 0.456 e. The Kier molecular flexibility index (Phi) is 6.39. The number of anilines is 3. The second-order valence-electron chi connectivity index (χ2n) is 12.5. The average molecular weight is 644 g/mol. The molecule has 230 valence electrons. The Morgan fingerprint density at radius 3 is 1.86 bits per heavy atom. The number of hydrogen-bond acceptors (Lipinski definition) is 3. The van der Waals surface area contributed by atoms with Crippen LogP contribution in [-0.4, -0.2) is 0 Å². The van der Waals surface area contributed by atoms with Crippen LogP contribution in [0.1, 0.15) is 0 Å². The molecule has 0 spiro atoms. The van der Waals surface area contributed by atoms with Crippen LogP contribution in [0.4, 0.5) is 17.1 Å². The normalized spacial score (nSPS) is 11.7. The lowest BCUT2D eigenvalue weighted by Gasteiger charge is -2.27. The third-order valence-electron chi connectivity index (χ3n) is 9.68. The van der Waals surface area contributed by atoms with Crippen LogP contribution in [-0.2, 0) is 0 Å². The minimum atomic E-state index is 0.885. The van der Waals surface area contributed by atoms with Gasteiger partial charge < -0.3 is 9.32 Å². The van der Waals surface area contributed by atoms with Crippen molar-refractivity contribution >= 4 is 81.3 Å². The predicted molar refractivity (Wildman–Crippen MR) is 210 cm³/mol. The Morgan fingerprint density at radius 2 is 1.04 bits per heavy atom. The maximum atomic E-state index is 6.59. The quantitative estimate of drug-likeness (QED) is 0.186. The molecule has 3 heteroatoms. The highest BCUT2D eigenvalue weighted by molar-refractivity contribution is 7.26. The van der Waals surface area contributed by atoms with Crippen molar-refractivity contribution in [2.75, 3.05) is 4.90 Å². The standard InChI is InChI=1S/C46H29NOS/c1-2-10-30(11-3-1)31-20-24-34(25-21-31)47(35-26-22-33(23-27-35)37-16-8-13-32-12-4-5-14-36(32)37)40-17-9-18-41-44(40)45-42(48-41)29-28-39-38-15-6-7-19-43(38)49-46(39)45/h1-29H. The zero-order chi connectivity index (χ0) is 32.3. The van der Waals surface area contributed by atoms with E-state index in [-0.39, 0.29) is 0 Å². The monoisotopic (exact) mass is 643 g/mol. The Morgan fingerprint density at radius 1 is 0.408 bits per heavy atom. The molecule has 0 amide bonds. The summed E-state index contributed by atoms with van der Waals surface area (Å²) in [6, 6.07) is 63.1. The fourth-order valence-corrected chi connectivity index (χ4v) is 8.63. The molecule has 0 saturated carbocycles. The van der Waals surface area contributed by atoms with Gasteiger partial charge in [0.1, 0.15) is 11.2 Å². The van der Waals surface area contributed by atoms with E-state index in [2.05, 4.69) is 181 Å². The molecule has 0 atom stereocenters. The van der Waals surface area contributed by atoms with Gasteiger partial charge in [0.05, 0.1) is 11.1 Å². The summed E-state index contributed by atoms with van der Waals surface area (Å²) in [5.41, 5.74) is 9.88. The zero-order valence-corrected chi connectivity index (χ0v) is 27.3. The maximum Gasteiger partial charge on any atom is 0.137 e. The number of furan rings is 1. The summed E-state index contributed by atoms with van der Waals surface area (Å²) < 4.78 is 9.14. The van der Waals surface area contributed by atoms with Crippen molar-refractivity contribution in [3.05, 3.63) is 176 Å². The molecule has 2 aromatic heterocycles. The first kappa shape index (κ1) is 27.9. The topological polar surface area (TPSA) is 16.4 Å². The van der Waals surface area contributed by atoms with E-state index in [4.69, 9.17) is 4.42 Å². The van der Waals surface area contributed by atoms with Gasteiger partial charge in [0.15, 0.2) is 0 Å². The lowest BCUT2D eigenvalue weighted by molar-refractivity contribution is 0.669. The van der Waals surface area contributed by atoms with Gasteiger partial charge in [0, 0.05) is 36.9 Å². The van der Waals surface area contributed by atoms with Gasteiger partial charge in [-0.3, -0.25) is 0 Å². The van der Waals surface area contributed by atoms with Crippen LogP contribution in [0.2, 0.25) is 0 Å². The minimum absolute atomic E-state index is 0.885. The number of rotatable bonds is 5. The molecule has 0 saturated heterocycles. The molecule has 2 nitrogen and oxygen atoms in total. The second-order valence-corrected chi connectivity index (χ2v) is 13.5. The van der Waals surface area contributed by atoms with E-state index < -0.39 is 0 Å². The van der Waals surface area contributed by atoms with E-state index in [0.29, 0.717) is 0 Å². The highest BCUT2D eigenvalue weighted by Crippen LogP contribution is 2.48. The van der Waals surface area contributed by atoms with Gasteiger partial charge >= 0.3 is 0 Å². The van der Waals surface area contributed by atoms with Crippen LogP contribution >= 0.6 is 11.3 Å². The number of nitrogens with zero attached hydrogens (tertiary/aromatic N) is 1. The summed E-state index contributed by atoms with van der Waals surface area (Å²) in [5, 5.41) is 7.35. The average Bonchev–Trinajstić information content (AvgIpc) is 3.75. The highest BCUT2D eigenvalue weighted by atomic mass is 32.1. The third kappa shape index (κ3) is 4.55. The van der Waals surface area contributed by atoms with Crippen molar-refractivity contribution in [3.8, 4) is 22.3 Å². The van der Waals surface area contributed by atoms with E-state index in [0.717, 1.165) is 33.6 Å². The summed E-state index contributed by atoms with van der Waals surface area (Å²) in [4.78, 5) is 2.38. The van der Waals surface area contributed by atoms with Gasteiger partial charge in [-0.1, -0.05) is 121 Å². The van der Waals surface area contributed by atoms with Crippen LogP contribution in [0.25, 0.3) is 75.1 Å². The lowest BCUT2D eigenvalue weighted by Crippen LogP contribution is -2.10. The molecule has 10 rings (SSSR count). The number of hydrogen-bond donors (Lipinski definition) is 0. The Hall–Kier alpha value is -6.16. The third-order valence-corrected chi connectivity index (χ3v) is 10.9. The van der Waals surface area contributed by atoms with E-state index in [9.17, 15) is 0 Å². The summed E-state index contributed by atoms with van der Waals surface area (Å²) in [7, 11) is 0. The van der Waals surface area contributed by atoms with Crippen LogP contribution in [0.15, 0.2) is 180 Å². The summed E-state index contributed by atoms with van der Waals surface area (Å²) in [6.45, 7) is 0. The van der Waals surface area contributed by atoms with Gasteiger partial charge in [-0.2, -0.15) is 0 Å². The fourth-order valence-electron chi connectivity index (χ4n) is 7.38. The van der Waals surface area contributed by atoms with Gasteiger partial charge in [-0.25, -0.2) is 0 Å². The van der Waals surface area contributed by atoms with E-state index in [1.54, 1.807) is 0 Å². The zero-order valence-electron chi connectivity index (χ0n) is 26.5. The molecule has 0 fully saturated rings. The molecule has 0 bridgehead atoms. The van der Waals surface area contributed by atoms with Crippen molar-refractivity contribution in [1.82, 2.24) is 0 Å². The first-order valence-electron chi connectivity index (χ1n) is 16.6.